The van der Waals surface area contributed by atoms with Gasteiger partial charge in [-0.05, 0) is 67.3 Å². The van der Waals surface area contributed by atoms with Gasteiger partial charge in [0.15, 0.2) is 0 Å². The summed E-state index contributed by atoms with van der Waals surface area (Å²) < 4.78 is 6.12. The maximum absolute atomic E-state index is 6.12. The largest absolute Gasteiger partial charge is 0.489 e. The van der Waals surface area contributed by atoms with Gasteiger partial charge in [0.1, 0.15) is 12.4 Å². The highest BCUT2D eigenvalue weighted by Crippen LogP contribution is 2.44. The second kappa shape index (κ2) is 9.86. The summed E-state index contributed by atoms with van der Waals surface area (Å²) >= 11 is 3.91. The molecule has 0 aliphatic heterocycles. The van der Waals surface area contributed by atoms with Crippen LogP contribution in [0.15, 0.2) is 54.6 Å². The minimum atomic E-state index is 0.0782. The van der Waals surface area contributed by atoms with Crippen LogP contribution >= 0.6 is 23.1 Å². The molecule has 0 N–H and O–H groups in total. The molecule has 0 aliphatic carbocycles. The Kier molecular flexibility index (Phi) is 7.48. The van der Waals surface area contributed by atoms with Crippen LogP contribution < -0.4 is 4.74 Å². The van der Waals surface area contributed by atoms with E-state index in [1.54, 1.807) is 0 Å². The molecule has 0 aliphatic rings. The lowest BCUT2D eigenvalue weighted by molar-refractivity contribution is 0.303. The molecule has 154 valence electrons. The highest BCUT2D eigenvalue weighted by molar-refractivity contribution is 7.97. The third-order valence-corrected chi connectivity index (χ3v) is 8.14. The number of rotatable bonds is 9. The Morgan fingerprint density at radius 2 is 1.66 bits per heavy atom. The Labute approximate surface area is 184 Å². The minimum absolute atomic E-state index is 0.0782. The van der Waals surface area contributed by atoms with Crippen LogP contribution in [0.1, 0.15) is 58.7 Å². The molecule has 0 atom stereocenters. The molecule has 0 spiro atoms. The van der Waals surface area contributed by atoms with Gasteiger partial charge < -0.3 is 4.74 Å². The molecule has 1 aromatic heterocycles. The SMILES string of the molecule is CCC(CC)(c1ccc(OCc2ccccc2)c(C)c1)c1cc(C)c(CSC)s1. The number of hydrogen-bond acceptors (Lipinski definition) is 3. The Balaban J connectivity index is 1.89. The number of hydrogen-bond donors (Lipinski definition) is 0. The van der Waals surface area contributed by atoms with Crippen molar-refractivity contribution in [3.8, 4) is 5.75 Å². The lowest BCUT2D eigenvalue weighted by Gasteiger charge is -2.32. The van der Waals surface area contributed by atoms with Crippen LogP contribution in [0.4, 0.5) is 0 Å². The summed E-state index contributed by atoms with van der Waals surface area (Å²) in [6.45, 7) is 9.67. The van der Waals surface area contributed by atoms with Gasteiger partial charge in [0, 0.05) is 20.9 Å². The van der Waals surface area contributed by atoms with Gasteiger partial charge in [-0.25, -0.2) is 0 Å². The second-order valence-electron chi connectivity index (χ2n) is 7.69. The predicted molar refractivity (Wildman–Crippen MR) is 130 cm³/mol. The number of thioether (sulfide) groups is 1. The Hall–Kier alpha value is -1.71. The molecule has 3 heteroatoms. The van der Waals surface area contributed by atoms with Crippen LogP contribution in [0.5, 0.6) is 5.75 Å². The molecule has 1 nitrogen and oxygen atoms in total. The molecular formula is C26H32OS2. The fourth-order valence-electron chi connectivity index (χ4n) is 4.02. The zero-order chi connectivity index (χ0) is 20.9. The van der Waals surface area contributed by atoms with Crippen molar-refractivity contribution in [3.63, 3.8) is 0 Å². The first-order chi connectivity index (χ1) is 14.0. The molecule has 0 bridgehead atoms. The Bertz CT molecular complexity index is 923. The van der Waals surface area contributed by atoms with Crippen molar-refractivity contribution < 1.29 is 4.74 Å². The summed E-state index contributed by atoms with van der Waals surface area (Å²) in [4.78, 5) is 3.01. The molecule has 3 rings (SSSR count). The molecule has 0 amide bonds. The zero-order valence-corrected chi connectivity index (χ0v) is 19.9. The molecule has 0 radical (unpaired) electrons. The van der Waals surface area contributed by atoms with Crippen molar-refractivity contribution in [2.24, 2.45) is 0 Å². The van der Waals surface area contributed by atoms with Crippen molar-refractivity contribution in [1.29, 1.82) is 0 Å². The summed E-state index contributed by atoms with van der Waals surface area (Å²) in [5.41, 5.74) is 5.33. The first-order valence-electron chi connectivity index (χ1n) is 10.4. The maximum Gasteiger partial charge on any atom is 0.122 e. The molecule has 2 aromatic carbocycles. The van der Waals surface area contributed by atoms with Crippen molar-refractivity contribution in [2.45, 2.75) is 58.3 Å². The van der Waals surface area contributed by atoms with E-state index in [0.29, 0.717) is 6.61 Å². The van der Waals surface area contributed by atoms with E-state index in [1.807, 2.05) is 29.2 Å². The van der Waals surface area contributed by atoms with Gasteiger partial charge in [0.25, 0.3) is 0 Å². The van der Waals surface area contributed by atoms with Crippen molar-refractivity contribution in [3.05, 3.63) is 86.6 Å². The first-order valence-corrected chi connectivity index (χ1v) is 12.6. The monoisotopic (exact) mass is 424 g/mol. The van der Waals surface area contributed by atoms with Crippen LogP contribution in [-0.4, -0.2) is 6.26 Å². The standard InChI is InChI=1S/C26H32OS2/c1-6-26(7-2,25-16-20(4)24(29-25)18-28-5)22-13-14-23(19(3)15-22)27-17-21-11-9-8-10-12-21/h8-16H,6-7,17-18H2,1-5H3. The summed E-state index contributed by atoms with van der Waals surface area (Å²) in [5.74, 6) is 2.08. The predicted octanol–water partition coefficient (Wildman–Crippen LogP) is 7.91. The van der Waals surface area contributed by atoms with Crippen LogP contribution in [0.3, 0.4) is 0 Å². The Morgan fingerprint density at radius 1 is 0.931 bits per heavy atom. The quantitative estimate of drug-likeness (QED) is 0.345. The van der Waals surface area contributed by atoms with Gasteiger partial charge in [-0.1, -0.05) is 56.3 Å². The number of aryl methyl sites for hydroxylation is 2. The third kappa shape index (κ3) is 4.73. The molecule has 3 aromatic rings. The van der Waals surface area contributed by atoms with E-state index in [2.05, 4.69) is 82.5 Å². The molecular weight excluding hydrogens is 392 g/mol. The third-order valence-electron chi connectivity index (χ3n) is 5.94. The minimum Gasteiger partial charge on any atom is -0.489 e. The fourth-order valence-corrected chi connectivity index (χ4v) is 6.43. The van der Waals surface area contributed by atoms with Crippen molar-refractivity contribution in [1.82, 2.24) is 0 Å². The average Bonchev–Trinajstić information content (AvgIpc) is 3.10. The van der Waals surface area contributed by atoms with E-state index in [0.717, 1.165) is 24.3 Å². The van der Waals surface area contributed by atoms with Gasteiger partial charge in [-0.2, -0.15) is 11.8 Å². The van der Waals surface area contributed by atoms with Gasteiger partial charge in [0.05, 0.1) is 0 Å². The highest BCUT2D eigenvalue weighted by atomic mass is 32.2. The van der Waals surface area contributed by atoms with E-state index >= 15 is 0 Å². The lowest BCUT2D eigenvalue weighted by Crippen LogP contribution is -2.25. The molecule has 0 unspecified atom stereocenters. The second-order valence-corrected chi connectivity index (χ2v) is 9.70. The lowest BCUT2D eigenvalue weighted by atomic mass is 9.74. The van der Waals surface area contributed by atoms with E-state index in [1.165, 1.54) is 32.0 Å². The molecule has 0 fully saturated rings. The van der Waals surface area contributed by atoms with Gasteiger partial charge in [-0.3, -0.25) is 0 Å². The van der Waals surface area contributed by atoms with Crippen molar-refractivity contribution >= 4 is 23.1 Å². The van der Waals surface area contributed by atoms with Gasteiger partial charge in [0.2, 0.25) is 0 Å². The average molecular weight is 425 g/mol. The molecule has 0 saturated carbocycles. The maximum atomic E-state index is 6.12. The van der Waals surface area contributed by atoms with Gasteiger partial charge >= 0.3 is 0 Å². The van der Waals surface area contributed by atoms with Crippen LogP contribution in [0.25, 0.3) is 0 Å². The Morgan fingerprint density at radius 3 is 2.28 bits per heavy atom. The summed E-state index contributed by atoms with van der Waals surface area (Å²) in [5, 5.41) is 0. The van der Waals surface area contributed by atoms with Crippen LogP contribution in [0.2, 0.25) is 0 Å². The number of thiophene rings is 1. The first kappa shape index (κ1) is 22.0. The van der Waals surface area contributed by atoms with Crippen LogP contribution in [0, 0.1) is 13.8 Å². The van der Waals surface area contributed by atoms with Crippen molar-refractivity contribution in [2.75, 3.05) is 6.26 Å². The highest BCUT2D eigenvalue weighted by Gasteiger charge is 2.33. The topological polar surface area (TPSA) is 9.23 Å². The molecule has 1 heterocycles. The number of benzene rings is 2. The van der Waals surface area contributed by atoms with E-state index in [4.69, 9.17) is 4.74 Å². The molecule has 29 heavy (non-hydrogen) atoms. The van der Waals surface area contributed by atoms with E-state index in [-0.39, 0.29) is 5.41 Å². The zero-order valence-electron chi connectivity index (χ0n) is 18.2. The van der Waals surface area contributed by atoms with Crippen LogP contribution in [-0.2, 0) is 17.8 Å². The molecule has 0 saturated heterocycles. The summed E-state index contributed by atoms with van der Waals surface area (Å²) in [6.07, 6.45) is 4.39. The smallest absolute Gasteiger partial charge is 0.122 e. The van der Waals surface area contributed by atoms with E-state index < -0.39 is 0 Å². The summed E-state index contributed by atoms with van der Waals surface area (Å²) in [7, 11) is 0. The number of ether oxygens (including phenoxy) is 1. The van der Waals surface area contributed by atoms with E-state index in [9.17, 15) is 0 Å². The summed E-state index contributed by atoms with van der Waals surface area (Å²) in [6, 6.07) is 19.6. The van der Waals surface area contributed by atoms with Gasteiger partial charge in [-0.15, -0.1) is 11.3 Å². The normalized spacial score (nSPS) is 11.6. The fraction of sp³-hybridized carbons (Fsp3) is 0.385.